The zero-order valence-corrected chi connectivity index (χ0v) is 22.5. The van der Waals surface area contributed by atoms with Crippen LogP contribution in [0.25, 0.3) is 33.2 Å². The van der Waals surface area contributed by atoms with E-state index in [4.69, 9.17) is 4.42 Å². The van der Waals surface area contributed by atoms with Crippen molar-refractivity contribution >= 4 is 33.6 Å². The van der Waals surface area contributed by atoms with Crippen molar-refractivity contribution in [3.63, 3.8) is 0 Å². The maximum Gasteiger partial charge on any atom is 0.493 e. The summed E-state index contributed by atoms with van der Waals surface area (Å²) in [6.07, 6.45) is 5.80. The molecule has 0 N–H and O–H groups in total. The Morgan fingerprint density at radius 3 is 2.46 bits per heavy atom. The molecule has 35 heavy (non-hydrogen) atoms. The summed E-state index contributed by atoms with van der Waals surface area (Å²) in [4.78, 5) is 4.41. The molecule has 5 heteroatoms. The number of para-hydroxylation sites is 1. The predicted molar refractivity (Wildman–Crippen MR) is 136 cm³/mol. The van der Waals surface area contributed by atoms with Crippen molar-refractivity contribution in [3.8, 4) is 11.3 Å². The molecule has 0 aliphatic carbocycles. The van der Waals surface area contributed by atoms with E-state index in [0.717, 1.165) is 38.9 Å². The van der Waals surface area contributed by atoms with E-state index < -0.39 is 0 Å². The molecule has 0 amide bonds. The predicted octanol–water partition coefficient (Wildman–Crippen LogP) is 6.80. The van der Waals surface area contributed by atoms with Crippen molar-refractivity contribution in [1.29, 1.82) is 0 Å². The number of aromatic nitrogens is 1. The van der Waals surface area contributed by atoms with Crippen LogP contribution in [0.2, 0.25) is 0 Å². The Morgan fingerprint density at radius 1 is 0.914 bits per heavy atom. The van der Waals surface area contributed by atoms with E-state index in [1.165, 1.54) is 16.7 Å². The van der Waals surface area contributed by atoms with Gasteiger partial charge >= 0.3 is 6.01 Å². The van der Waals surface area contributed by atoms with Crippen LogP contribution in [0.4, 0.5) is 5.69 Å². The Balaban J connectivity index is 0.000000165. The summed E-state index contributed by atoms with van der Waals surface area (Å²) in [6.45, 7) is 6.24. The average molecular weight is 636 g/mol. The van der Waals surface area contributed by atoms with E-state index in [9.17, 15) is 0 Å². The van der Waals surface area contributed by atoms with Crippen molar-refractivity contribution in [2.45, 2.75) is 20.8 Å². The topological polar surface area (TPSA) is 32.0 Å². The quantitative estimate of drug-likeness (QED) is 0.158. The Kier molecular flexibility index (Phi) is 7.23. The number of furan rings is 1. The van der Waals surface area contributed by atoms with Gasteiger partial charge in [-0.3, -0.25) is 0 Å². The number of pyridine rings is 1. The number of benzene rings is 3. The first-order chi connectivity index (χ1) is 16.5. The minimum Gasteiger partial charge on any atom is -0.509 e. The van der Waals surface area contributed by atoms with Gasteiger partial charge in [0.2, 0.25) is 6.20 Å². The zero-order chi connectivity index (χ0) is 23.7. The molecule has 0 spiro atoms. The summed E-state index contributed by atoms with van der Waals surface area (Å²) < 4.78 is 9.73. The number of rotatable bonds is 2. The summed E-state index contributed by atoms with van der Waals surface area (Å²) >= 11 is 0. The summed E-state index contributed by atoms with van der Waals surface area (Å²) in [5.41, 5.74) is 8.41. The molecule has 0 fully saturated rings. The fraction of sp³-hybridized carbons (Fsp3) is 0.133. The molecule has 1 radical (unpaired) electrons. The van der Waals surface area contributed by atoms with E-state index in [0.29, 0.717) is 0 Å². The van der Waals surface area contributed by atoms with E-state index in [1.807, 2.05) is 71.2 Å². The molecule has 3 aromatic carbocycles. The van der Waals surface area contributed by atoms with Gasteiger partial charge < -0.3 is 9.40 Å². The van der Waals surface area contributed by atoms with E-state index >= 15 is 0 Å². The number of hydrogen-bond acceptors (Lipinski definition) is 2. The molecule has 3 heterocycles. The molecule has 1 aliphatic heterocycles. The normalized spacial score (nSPS) is 12.1. The summed E-state index contributed by atoms with van der Waals surface area (Å²) in [6, 6.07) is 29.9. The van der Waals surface area contributed by atoms with Gasteiger partial charge in [-0.2, -0.15) is 12.1 Å². The van der Waals surface area contributed by atoms with Crippen LogP contribution in [0, 0.1) is 32.9 Å². The summed E-state index contributed by atoms with van der Waals surface area (Å²) in [7, 11) is 1.94. The molecule has 0 saturated carbocycles. The molecule has 4 nitrogen and oxygen atoms in total. The van der Waals surface area contributed by atoms with Crippen LogP contribution in [-0.2, 0) is 20.1 Å². The molecule has 2 aromatic heterocycles. The molecule has 5 aromatic rings. The third kappa shape index (κ3) is 5.08. The van der Waals surface area contributed by atoms with Gasteiger partial charge in [-0.25, -0.2) is 0 Å². The fourth-order valence-electron chi connectivity index (χ4n) is 3.82. The third-order valence-corrected chi connectivity index (χ3v) is 5.88. The van der Waals surface area contributed by atoms with Gasteiger partial charge in [0.25, 0.3) is 6.20 Å². The SMILES string of the molecule is C[N+]1=C=[N+](c2[c-]ccc3c2oc2ccccc23)C=C1.Cc1c[c-]c(-c2cc(C)c(C)cn2)cc1.[Ir]. The van der Waals surface area contributed by atoms with Crippen molar-refractivity contribution in [2.75, 3.05) is 7.05 Å². The Hall–Kier alpha value is -3.62. The summed E-state index contributed by atoms with van der Waals surface area (Å²) in [5, 5.41) is 2.23. The van der Waals surface area contributed by atoms with Crippen molar-refractivity contribution in [3.05, 3.63) is 108 Å². The smallest absolute Gasteiger partial charge is 0.493 e. The molecule has 0 unspecified atom stereocenters. The molecule has 0 atom stereocenters. The van der Waals surface area contributed by atoms with Crippen LogP contribution in [0.5, 0.6) is 0 Å². The number of hydrogen-bond donors (Lipinski definition) is 0. The van der Waals surface area contributed by atoms with E-state index in [2.05, 4.69) is 68.2 Å². The van der Waals surface area contributed by atoms with Gasteiger partial charge in [-0.15, -0.1) is 41.5 Å². The first kappa shape index (κ1) is 24.5. The molecular formula is C30H25IrN3O. The minimum atomic E-state index is 0. The zero-order valence-electron chi connectivity index (χ0n) is 20.1. The van der Waals surface area contributed by atoms with Crippen molar-refractivity contribution < 1.29 is 33.7 Å². The minimum absolute atomic E-state index is 0. The first-order valence-corrected chi connectivity index (χ1v) is 11.2. The van der Waals surface area contributed by atoms with Gasteiger partial charge in [0.05, 0.1) is 5.58 Å². The maximum absolute atomic E-state index is 5.97. The fourth-order valence-corrected chi connectivity index (χ4v) is 3.82. The Labute approximate surface area is 218 Å². The molecule has 175 valence electrons. The van der Waals surface area contributed by atoms with E-state index in [-0.39, 0.29) is 20.1 Å². The Bertz CT molecular complexity index is 1620. The molecule has 1 aliphatic rings. The largest absolute Gasteiger partial charge is 0.509 e. The number of aryl methyl sites for hydroxylation is 3. The molecule has 6 rings (SSSR count). The Morgan fingerprint density at radius 2 is 1.74 bits per heavy atom. The average Bonchev–Trinajstić information content (AvgIpc) is 3.45. The van der Waals surface area contributed by atoms with Crippen molar-refractivity contribution in [2.24, 2.45) is 0 Å². The van der Waals surface area contributed by atoms with Gasteiger partial charge in [0, 0.05) is 31.7 Å². The second kappa shape index (κ2) is 10.3. The van der Waals surface area contributed by atoms with Crippen LogP contribution in [0.1, 0.15) is 16.7 Å². The molecule has 0 bridgehead atoms. The van der Waals surface area contributed by atoms with Gasteiger partial charge in [-0.05, 0) is 31.2 Å². The first-order valence-electron chi connectivity index (χ1n) is 11.2. The number of nitrogens with zero attached hydrogens (tertiary/aromatic N) is 3. The van der Waals surface area contributed by atoms with Crippen LogP contribution >= 0.6 is 0 Å². The van der Waals surface area contributed by atoms with Gasteiger partial charge in [-0.1, -0.05) is 51.3 Å². The molecular weight excluding hydrogens is 611 g/mol. The number of fused-ring (bicyclic) bond motifs is 3. The third-order valence-electron chi connectivity index (χ3n) is 5.88. The van der Waals surface area contributed by atoms with Crippen LogP contribution < -0.4 is 0 Å². The standard InChI is InChI=1S/C16H11N2O.C14H14N.Ir/c1-17-9-10-18(11-17)14-7-4-6-13-12-5-2-3-8-15(12)19-16(13)14;1-10-4-6-13(7-5-10)14-8-11(2)12(3)9-15-14;/h2-6,8-10H,1H3;4-6,8-9H,1-3H3;/q+1;-1;. The van der Waals surface area contributed by atoms with Crippen molar-refractivity contribution in [1.82, 2.24) is 4.98 Å². The van der Waals surface area contributed by atoms with Gasteiger partial charge in [0.1, 0.15) is 5.58 Å². The van der Waals surface area contributed by atoms with Crippen LogP contribution in [0.15, 0.2) is 83.7 Å². The monoisotopic (exact) mass is 636 g/mol. The second-order valence-corrected chi connectivity index (χ2v) is 8.48. The van der Waals surface area contributed by atoms with Gasteiger partial charge in [0.15, 0.2) is 12.7 Å². The van der Waals surface area contributed by atoms with E-state index in [1.54, 1.807) is 0 Å². The van der Waals surface area contributed by atoms with Crippen LogP contribution in [-0.4, -0.2) is 27.2 Å². The second-order valence-electron chi connectivity index (χ2n) is 8.48. The summed E-state index contributed by atoms with van der Waals surface area (Å²) in [5.74, 6) is 0. The van der Waals surface area contributed by atoms with Crippen LogP contribution in [0.3, 0.4) is 0 Å². The maximum atomic E-state index is 5.97. The molecule has 0 saturated heterocycles.